The zero-order valence-corrected chi connectivity index (χ0v) is 17.2. The minimum absolute atomic E-state index is 0.769. The van der Waals surface area contributed by atoms with E-state index in [9.17, 15) is 0 Å². The Hall–Kier alpha value is -4.25. The van der Waals surface area contributed by atoms with Gasteiger partial charge in [-0.1, -0.05) is 12.1 Å². The lowest BCUT2D eigenvalue weighted by molar-refractivity contribution is -0.598. The van der Waals surface area contributed by atoms with E-state index in [0.717, 1.165) is 39.0 Å². The summed E-state index contributed by atoms with van der Waals surface area (Å²) in [6, 6.07) is 22.6. The first-order valence-electron chi connectivity index (χ1n) is 10.1. The standard InChI is InChI=1S/C26H21N5/c1-3-28-26-15-23(10-11-25(26)27-2)30-13-12-19-8-9-22(14-21(19)17-30)31-16-20-6-4-5-7-24(20)29-18-31/h3-18H,2H2,1H3/q+2/b28-3-. The van der Waals surface area contributed by atoms with Crippen molar-refractivity contribution in [3.63, 3.8) is 0 Å². The monoisotopic (exact) mass is 403 g/mol. The highest BCUT2D eigenvalue weighted by Crippen LogP contribution is 2.28. The third-order valence-corrected chi connectivity index (χ3v) is 5.29. The smallest absolute Gasteiger partial charge is 0.262 e. The van der Waals surface area contributed by atoms with Crippen LogP contribution in [0.15, 0.2) is 102 Å². The fourth-order valence-corrected chi connectivity index (χ4v) is 3.71. The number of benzene rings is 3. The zero-order valence-electron chi connectivity index (χ0n) is 17.2. The van der Waals surface area contributed by atoms with Gasteiger partial charge in [-0.3, -0.25) is 9.98 Å². The van der Waals surface area contributed by atoms with Gasteiger partial charge in [0.25, 0.3) is 6.33 Å². The summed E-state index contributed by atoms with van der Waals surface area (Å²) >= 11 is 0. The van der Waals surface area contributed by atoms with Gasteiger partial charge in [0.1, 0.15) is 11.9 Å². The molecule has 0 unspecified atom stereocenters. The van der Waals surface area contributed by atoms with Gasteiger partial charge in [-0.05, 0) is 60.4 Å². The van der Waals surface area contributed by atoms with Crippen molar-refractivity contribution in [1.82, 2.24) is 4.98 Å². The van der Waals surface area contributed by atoms with Gasteiger partial charge in [0.2, 0.25) is 5.69 Å². The molecular weight excluding hydrogens is 382 g/mol. The van der Waals surface area contributed by atoms with Gasteiger partial charge in [0.05, 0.1) is 22.1 Å². The summed E-state index contributed by atoms with van der Waals surface area (Å²) in [5.74, 6) is 0. The van der Waals surface area contributed by atoms with Crippen molar-refractivity contribution in [2.45, 2.75) is 6.92 Å². The molecule has 5 nitrogen and oxygen atoms in total. The van der Waals surface area contributed by atoms with E-state index in [1.54, 1.807) is 6.21 Å². The predicted octanol–water partition coefficient (Wildman–Crippen LogP) is 5.00. The molecule has 0 saturated carbocycles. The first-order chi connectivity index (χ1) is 15.2. The van der Waals surface area contributed by atoms with Crippen LogP contribution in [0.2, 0.25) is 0 Å². The second kappa shape index (κ2) is 7.88. The molecule has 0 atom stereocenters. The van der Waals surface area contributed by atoms with Crippen molar-refractivity contribution in [3.05, 3.63) is 91.6 Å². The van der Waals surface area contributed by atoms with Crippen molar-refractivity contribution in [2.24, 2.45) is 9.98 Å². The first kappa shape index (κ1) is 18.8. The number of fused-ring (bicyclic) bond motifs is 2. The molecule has 0 bridgehead atoms. The maximum Gasteiger partial charge on any atom is 0.291 e. The fourth-order valence-electron chi connectivity index (χ4n) is 3.71. The summed E-state index contributed by atoms with van der Waals surface area (Å²) in [6.45, 7) is 5.53. The van der Waals surface area contributed by atoms with E-state index in [4.69, 9.17) is 0 Å². The van der Waals surface area contributed by atoms with Crippen LogP contribution >= 0.6 is 0 Å². The molecule has 0 fully saturated rings. The number of nitrogens with zero attached hydrogens (tertiary/aromatic N) is 5. The van der Waals surface area contributed by atoms with Crippen LogP contribution in [-0.4, -0.2) is 17.9 Å². The van der Waals surface area contributed by atoms with Crippen LogP contribution in [0.5, 0.6) is 0 Å². The molecule has 0 radical (unpaired) electrons. The number of para-hydroxylation sites is 1. The predicted molar refractivity (Wildman–Crippen MR) is 125 cm³/mol. The van der Waals surface area contributed by atoms with Crippen LogP contribution in [0, 0.1) is 0 Å². The molecule has 0 spiro atoms. The van der Waals surface area contributed by atoms with E-state index in [-0.39, 0.29) is 0 Å². The van der Waals surface area contributed by atoms with E-state index in [1.807, 2.05) is 49.6 Å². The molecule has 31 heavy (non-hydrogen) atoms. The summed E-state index contributed by atoms with van der Waals surface area (Å²) in [4.78, 5) is 13.1. The Kier molecular flexibility index (Phi) is 4.77. The van der Waals surface area contributed by atoms with Gasteiger partial charge in [0, 0.05) is 24.4 Å². The molecule has 5 aromatic rings. The van der Waals surface area contributed by atoms with Crippen molar-refractivity contribution < 1.29 is 9.13 Å². The highest BCUT2D eigenvalue weighted by Gasteiger charge is 2.13. The molecule has 2 heterocycles. The average Bonchev–Trinajstić information content (AvgIpc) is 2.83. The summed E-state index contributed by atoms with van der Waals surface area (Å²) in [7, 11) is 0. The molecule has 5 rings (SSSR count). The normalized spacial score (nSPS) is 11.4. The zero-order chi connectivity index (χ0) is 21.2. The Balaban J connectivity index is 1.59. The quantitative estimate of drug-likeness (QED) is 0.308. The number of rotatable bonds is 4. The highest BCUT2D eigenvalue weighted by atomic mass is 15.0. The fraction of sp³-hybridized carbons (Fsp3) is 0.0385. The van der Waals surface area contributed by atoms with Crippen LogP contribution in [-0.2, 0) is 0 Å². The second-order valence-corrected chi connectivity index (χ2v) is 7.22. The summed E-state index contributed by atoms with van der Waals surface area (Å²) in [5.41, 5.74) is 4.63. The molecule has 0 aliphatic heterocycles. The molecular formula is C26H21N5+2. The molecule has 148 valence electrons. The van der Waals surface area contributed by atoms with E-state index in [1.165, 1.54) is 5.39 Å². The van der Waals surface area contributed by atoms with Crippen LogP contribution in [0.4, 0.5) is 11.4 Å². The maximum atomic E-state index is 4.58. The first-order valence-corrected chi connectivity index (χ1v) is 10.1. The Bertz CT molecular complexity index is 1470. The van der Waals surface area contributed by atoms with E-state index >= 15 is 0 Å². The molecule has 0 N–H and O–H groups in total. The van der Waals surface area contributed by atoms with Crippen LogP contribution in [0.3, 0.4) is 0 Å². The van der Waals surface area contributed by atoms with Crippen LogP contribution < -0.4 is 9.13 Å². The molecule has 5 heteroatoms. The van der Waals surface area contributed by atoms with Gasteiger partial charge in [-0.15, -0.1) is 0 Å². The molecule has 0 saturated heterocycles. The summed E-state index contributed by atoms with van der Waals surface area (Å²) in [6.07, 6.45) is 9.92. The molecule has 0 amide bonds. The second-order valence-electron chi connectivity index (χ2n) is 7.22. The minimum atomic E-state index is 0.769. The van der Waals surface area contributed by atoms with E-state index in [2.05, 4.69) is 79.7 Å². The average molecular weight is 403 g/mol. The molecule has 0 aliphatic rings. The van der Waals surface area contributed by atoms with Gasteiger partial charge >= 0.3 is 0 Å². The Morgan fingerprint density at radius 1 is 0.806 bits per heavy atom. The lowest BCUT2D eigenvalue weighted by atomic mass is 10.1. The van der Waals surface area contributed by atoms with Crippen molar-refractivity contribution in [3.8, 4) is 11.4 Å². The Morgan fingerprint density at radius 3 is 2.48 bits per heavy atom. The largest absolute Gasteiger partial charge is 0.291 e. The molecule has 2 aromatic heterocycles. The topological polar surface area (TPSA) is 45.4 Å². The lowest BCUT2D eigenvalue weighted by Gasteiger charge is -2.04. The lowest BCUT2D eigenvalue weighted by Crippen LogP contribution is -2.31. The summed E-state index contributed by atoms with van der Waals surface area (Å²) < 4.78 is 4.15. The van der Waals surface area contributed by atoms with E-state index < -0.39 is 0 Å². The molecule has 3 aromatic carbocycles. The van der Waals surface area contributed by atoms with Crippen molar-refractivity contribution in [1.29, 1.82) is 0 Å². The number of aliphatic imine (C=N–C) groups is 2. The SMILES string of the molecule is C=Nc1ccc(-[n+]2ccc3ccc(-[n+]4cnc5ccccc5c4)cc3c2)cc1/N=C\C. The number of hydrogen-bond acceptors (Lipinski definition) is 3. The van der Waals surface area contributed by atoms with Gasteiger partial charge in [0.15, 0.2) is 17.9 Å². The van der Waals surface area contributed by atoms with Gasteiger partial charge in [-0.2, -0.15) is 4.57 Å². The number of hydrogen-bond donors (Lipinski definition) is 0. The highest BCUT2D eigenvalue weighted by molar-refractivity contribution is 5.82. The Labute approximate surface area is 180 Å². The van der Waals surface area contributed by atoms with Crippen LogP contribution in [0.1, 0.15) is 6.92 Å². The third kappa shape index (κ3) is 3.57. The number of aromatic nitrogens is 3. The minimum Gasteiger partial charge on any atom is -0.262 e. The van der Waals surface area contributed by atoms with Gasteiger partial charge < -0.3 is 0 Å². The van der Waals surface area contributed by atoms with E-state index in [0.29, 0.717) is 0 Å². The van der Waals surface area contributed by atoms with Crippen molar-refractivity contribution >= 4 is 46.0 Å². The third-order valence-electron chi connectivity index (χ3n) is 5.29. The van der Waals surface area contributed by atoms with Crippen LogP contribution in [0.25, 0.3) is 33.1 Å². The Morgan fingerprint density at radius 2 is 1.61 bits per heavy atom. The summed E-state index contributed by atoms with van der Waals surface area (Å²) in [5, 5.41) is 3.41. The van der Waals surface area contributed by atoms with Crippen molar-refractivity contribution in [2.75, 3.05) is 0 Å². The maximum absolute atomic E-state index is 4.58. The van der Waals surface area contributed by atoms with Gasteiger partial charge in [-0.25, -0.2) is 4.57 Å². The molecule has 0 aliphatic carbocycles. The number of pyridine rings is 1.